The molecule has 0 amide bonds. The molecule has 0 spiro atoms. The number of piperidine rings is 1. The highest BCUT2D eigenvalue weighted by molar-refractivity contribution is 5.26. The number of rotatable bonds is 2. The van der Waals surface area contributed by atoms with Crippen LogP contribution in [0.3, 0.4) is 0 Å². The predicted octanol–water partition coefficient (Wildman–Crippen LogP) is 2.04. The first-order valence-corrected chi connectivity index (χ1v) is 5.24. The van der Waals surface area contributed by atoms with Crippen LogP contribution in [-0.2, 0) is 0 Å². The number of aromatic nitrogens is 1. The average Bonchev–Trinajstić information content (AvgIpc) is 2.31. The van der Waals surface area contributed by atoms with Crippen molar-refractivity contribution < 1.29 is 9.13 Å². The minimum atomic E-state index is -0.406. The number of methoxy groups -OCH3 is 1. The monoisotopic (exact) mass is 210 g/mol. The number of nitrogens with zero attached hydrogens (tertiary/aromatic N) is 1. The molecule has 0 bridgehead atoms. The van der Waals surface area contributed by atoms with Gasteiger partial charge in [0.15, 0.2) is 11.6 Å². The smallest absolute Gasteiger partial charge is 0.183 e. The van der Waals surface area contributed by atoms with Crippen LogP contribution >= 0.6 is 0 Å². The van der Waals surface area contributed by atoms with Gasteiger partial charge in [-0.15, -0.1) is 0 Å². The summed E-state index contributed by atoms with van der Waals surface area (Å²) in [6.45, 7) is 1.01. The summed E-state index contributed by atoms with van der Waals surface area (Å²) in [5, 5.41) is 3.37. The first-order valence-electron chi connectivity index (χ1n) is 5.24. The summed E-state index contributed by atoms with van der Waals surface area (Å²) in [5.41, 5.74) is 0.868. The van der Waals surface area contributed by atoms with Gasteiger partial charge in [0.1, 0.15) is 0 Å². The third kappa shape index (κ3) is 2.26. The molecule has 1 aliphatic rings. The first-order chi connectivity index (χ1) is 7.31. The van der Waals surface area contributed by atoms with Crippen LogP contribution in [-0.4, -0.2) is 18.6 Å². The molecule has 0 aliphatic carbocycles. The molecule has 1 atom stereocenters. The van der Waals surface area contributed by atoms with Crippen molar-refractivity contribution in [3.63, 3.8) is 0 Å². The van der Waals surface area contributed by atoms with E-state index >= 15 is 0 Å². The second kappa shape index (κ2) is 4.57. The summed E-state index contributed by atoms with van der Waals surface area (Å²) in [7, 11) is 1.47. The number of nitrogens with one attached hydrogen (secondary N) is 1. The maximum absolute atomic E-state index is 13.1. The van der Waals surface area contributed by atoms with E-state index in [2.05, 4.69) is 10.3 Å². The van der Waals surface area contributed by atoms with Gasteiger partial charge in [0, 0.05) is 12.1 Å². The van der Waals surface area contributed by atoms with Gasteiger partial charge >= 0.3 is 0 Å². The van der Waals surface area contributed by atoms with Crippen LogP contribution in [0.15, 0.2) is 12.3 Å². The Balaban J connectivity index is 2.20. The van der Waals surface area contributed by atoms with Crippen LogP contribution in [0.5, 0.6) is 5.75 Å². The van der Waals surface area contributed by atoms with E-state index in [0.29, 0.717) is 0 Å². The van der Waals surface area contributed by atoms with Gasteiger partial charge in [-0.1, -0.05) is 6.42 Å². The average molecular weight is 210 g/mol. The van der Waals surface area contributed by atoms with E-state index in [9.17, 15) is 4.39 Å². The van der Waals surface area contributed by atoms with E-state index in [1.807, 2.05) is 0 Å². The molecule has 82 valence electrons. The Morgan fingerprint density at radius 2 is 2.40 bits per heavy atom. The molecule has 2 rings (SSSR count). The summed E-state index contributed by atoms with van der Waals surface area (Å²) in [6.07, 6.45) is 4.68. The van der Waals surface area contributed by atoms with Crippen LogP contribution in [0.2, 0.25) is 0 Å². The Bertz CT molecular complexity index is 337. The molecule has 0 saturated carbocycles. The molecule has 4 heteroatoms. The van der Waals surface area contributed by atoms with E-state index in [4.69, 9.17) is 4.74 Å². The lowest BCUT2D eigenvalue weighted by atomic mass is 10.0. The quantitative estimate of drug-likeness (QED) is 0.811. The van der Waals surface area contributed by atoms with Crippen LogP contribution in [0.1, 0.15) is 31.0 Å². The van der Waals surface area contributed by atoms with Crippen LogP contribution < -0.4 is 10.1 Å². The lowest BCUT2D eigenvalue weighted by molar-refractivity contribution is 0.374. The minimum absolute atomic E-state index is 0.244. The number of hydrogen-bond acceptors (Lipinski definition) is 3. The Morgan fingerprint density at radius 1 is 1.53 bits per heavy atom. The molecular formula is C11H15FN2O. The van der Waals surface area contributed by atoms with Crippen molar-refractivity contribution in [3.8, 4) is 5.75 Å². The second-order valence-corrected chi connectivity index (χ2v) is 3.75. The molecule has 1 saturated heterocycles. The molecule has 0 aromatic carbocycles. The van der Waals surface area contributed by atoms with Gasteiger partial charge in [0.25, 0.3) is 0 Å². The van der Waals surface area contributed by atoms with E-state index in [0.717, 1.165) is 18.7 Å². The third-order valence-electron chi connectivity index (χ3n) is 2.73. The highest BCUT2D eigenvalue weighted by atomic mass is 19.1. The fourth-order valence-corrected chi connectivity index (χ4v) is 1.89. The molecule has 2 heterocycles. The molecule has 1 aromatic heterocycles. The van der Waals surface area contributed by atoms with Crippen molar-refractivity contribution in [2.45, 2.75) is 25.3 Å². The van der Waals surface area contributed by atoms with E-state index < -0.39 is 5.82 Å². The summed E-state index contributed by atoms with van der Waals surface area (Å²) in [6, 6.07) is 1.92. The van der Waals surface area contributed by atoms with Gasteiger partial charge in [-0.05, 0) is 19.4 Å². The van der Waals surface area contributed by atoms with Gasteiger partial charge in [-0.2, -0.15) is 0 Å². The van der Waals surface area contributed by atoms with E-state index in [1.165, 1.54) is 26.1 Å². The van der Waals surface area contributed by atoms with E-state index in [-0.39, 0.29) is 11.8 Å². The normalized spacial score (nSPS) is 21.3. The fraction of sp³-hybridized carbons (Fsp3) is 0.545. The highest BCUT2D eigenvalue weighted by Crippen LogP contribution is 2.25. The molecule has 1 unspecified atom stereocenters. The fourth-order valence-electron chi connectivity index (χ4n) is 1.89. The summed E-state index contributed by atoms with van der Waals surface area (Å²) >= 11 is 0. The van der Waals surface area contributed by atoms with Gasteiger partial charge in [-0.3, -0.25) is 4.98 Å². The predicted molar refractivity (Wildman–Crippen MR) is 55.3 cm³/mol. The second-order valence-electron chi connectivity index (χ2n) is 3.75. The van der Waals surface area contributed by atoms with Crippen molar-refractivity contribution in [1.82, 2.24) is 10.3 Å². The Kier molecular flexibility index (Phi) is 3.16. The van der Waals surface area contributed by atoms with Crippen molar-refractivity contribution in [3.05, 3.63) is 23.8 Å². The van der Waals surface area contributed by atoms with Gasteiger partial charge in [-0.25, -0.2) is 4.39 Å². The number of hydrogen-bond donors (Lipinski definition) is 1. The van der Waals surface area contributed by atoms with Crippen molar-refractivity contribution in [2.75, 3.05) is 13.7 Å². The topological polar surface area (TPSA) is 34.1 Å². The van der Waals surface area contributed by atoms with Crippen LogP contribution in [0, 0.1) is 5.82 Å². The minimum Gasteiger partial charge on any atom is -0.494 e. The van der Waals surface area contributed by atoms with Crippen molar-refractivity contribution >= 4 is 0 Å². The molecular weight excluding hydrogens is 195 g/mol. The highest BCUT2D eigenvalue weighted by Gasteiger charge is 2.17. The SMILES string of the molecule is COc1cc(C2CCCCN2)ncc1F. The summed E-state index contributed by atoms with van der Waals surface area (Å²) in [5.74, 6) is -0.135. The summed E-state index contributed by atoms with van der Waals surface area (Å²) < 4.78 is 18.1. The molecule has 15 heavy (non-hydrogen) atoms. The Hall–Kier alpha value is -1.16. The largest absolute Gasteiger partial charge is 0.494 e. The lowest BCUT2D eigenvalue weighted by Crippen LogP contribution is -2.27. The van der Waals surface area contributed by atoms with Gasteiger partial charge in [0.2, 0.25) is 0 Å². The number of halogens is 1. The van der Waals surface area contributed by atoms with Crippen LogP contribution in [0.4, 0.5) is 4.39 Å². The van der Waals surface area contributed by atoms with Gasteiger partial charge < -0.3 is 10.1 Å². The zero-order valence-electron chi connectivity index (χ0n) is 8.79. The lowest BCUT2D eigenvalue weighted by Gasteiger charge is -2.23. The van der Waals surface area contributed by atoms with Gasteiger partial charge in [0.05, 0.1) is 19.0 Å². The molecule has 1 fully saturated rings. The maximum atomic E-state index is 13.1. The third-order valence-corrected chi connectivity index (χ3v) is 2.73. The molecule has 3 nitrogen and oxygen atoms in total. The molecule has 1 N–H and O–H groups in total. The van der Waals surface area contributed by atoms with E-state index in [1.54, 1.807) is 6.07 Å². The van der Waals surface area contributed by atoms with Crippen molar-refractivity contribution in [2.24, 2.45) is 0 Å². The first kappa shape index (κ1) is 10.4. The maximum Gasteiger partial charge on any atom is 0.183 e. The van der Waals surface area contributed by atoms with Crippen molar-refractivity contribution in [1.29, 1.82) is 0 Å². The zero-order chi connectivity index (χ0) is 10.7. The number of pyridine rings is 1. The van der Waals surface area contributed by atoms with Crippen LogP contribution in [0.25, 0.3) is 0 Å². The summed E-state index contributed by atoms with van der Waals surface area (Å²) in [4.78, 5) is 4.09. The number of ether oxygens (including phenoxy) is 1. The standard InChI is InChI=1S/C11H15FN2O/c1-15-11-6-10(14-7-8(11)12)9-4-2-3-5-13-9/h6-7,9,13H,2-5H2,1H3. The zero-order valence-corrected chi connectivity index (χ0v) is 8.79. The Morgan fingerprint density at radius 3 is 3.07 bits per heavy atom. The molecule has 1 aliphatic heterocycles. The Labute approximate surface area is 88.7 Å². The molecule has 0 radical (unpaired) electrons. The molecule has 1 aromatic rings.